The van der Waals surface area contributed by atoms with Crippen LogP contribution < -0.4 is 0 Å². The molecule has 0 aliphatic heterocycles. The zero-order valence-electron chi connectivity index (χ0n) is 22.3. The van der Waals surface area contributed by atoms with Crippen molar-refractivity contribution in [3.63, 3.8) is 0 Å². The van der Waals surface area contributed by atoms with Gasteiger partial charge in [0.1, 0.15) is 0 Å². The molecule has 1 nitrogen and oxygen atoms in total. The first-order chi connectivity index (χ1) is 19.8. The van der Waals surface area contributed by atoms with Crippen LogP contribution >= 0.6 is 0 Å². The zero-order valence-corrected chi connectivity index (χ0v) is 22.3. The predicted molar refractivity (Wildman–Crippen MR) is 171 cm³/mol. The molecule has 0 aliphatic carbocycles. The number of aromatic nitrogens is 1. The van der Waals surface area contributed by atoms with Gasteiger partial charge in [0.2, 0.25) is 0 Å². The topological polar surface area (TPSA) is 4.93 Å². The molecular formula is C39H27N. The van der Waals surface area contributed by atoms with Crippen LogP contribution in [0.15, 0.2) is 146 Å². The third-order valence-electron chi connectivity index (χ3n) is 8.31. The molecule has 7 aromatic carbocycles. The van der Waals surface area contributed by atoms with Crippen molar-refractivity contribution in [2.24, 2.45) is 0 Å². The van der Waals surface area contributed by atoms with Gasteiger partial charge in [0.05, 0.1) is 11.0 Å². The van der Waals surface area contributed by atoms with Gasteiger partial charge in [-0.3, -0.25) is 0 Å². The minimum absolute atomic E-state index is 1.19. The van der Waals surface area contributed by atoms with Crippen LogP contribution in [0, 0.1) is 6.92 Å². The number of nitrogens with zero attached hydrogens (tertiary/aromatic N) is 1. The Morgan fingerprint density at radius 1 is 0.425 bits per heavy atom. The Labute approximate surface area is 233 Å². The molecule has 0 fully saturated rings. The molecule has 0 radical (unpaired) electrons. The number of rotatable bonds is 3. The Balaban J connectivity index is 1.27. The third kappa shape index (κ3) is 3.48. The number of benzene rings is 7. The highest BCUT2D eigenvalue weighted by atomic mass is 15.0. The maximum Gasteiger partial charge on any atom is 0.0543 e. The zero-order chi connectivity index (χ0) is 26.6. The average Bonchev–Trinajstić information content (AvgIpc) is 3.36. The number of fused-ring (bicyclic) bond motifs is 6. The van der Waals surface area contributed by atoms with Crippen molar-refractivity contribution < 1.29 is 0 Å². The van der Waals surface area contributed by atoms with Crippen LogP contribution in [0.3, 0.4) is 0 Å². The summed E-state index contributed by atoms with van der Waals surface area (Å²) in [4.78, 5) is 0. The van der Waals surface area contributed by atoms with Crippen molar-refractivity contribution in [1.29, 1.82) is 0 Å². The molecule has 0 aliphatic rings. The second-order valence-electron chi connectivity index (χ2n) is 10.6. The summed E-state index contributed by atoms with van der Waals surface area (Å²) < 4.78 is 2.38. The van der Waals surface area contributed by atoms with Crippen LogP contribution in [0.4, 0.5) is 0 Å². The van der Waals surface area contributed by atoms with Crippen molar-refractivity contribution in [1.82, 2.24) is 4.57 Å². The van der Waals surface area contributed by atoms with Gasteiger partial charge in [0, 0.05) is 16.5 Å². The molecule has 0 saturated carbocycles. The largest absolute Gasteiger partial charge is 0.309 e. The minimum Gasteiger partial charge on any atom is -0.309 e. The van der Waals surface area contributed by atoms with Crippen LogP contribution in [0.5, 0.6) is 0 Å². The van der Waals surface area contributed by atoms with E-state index in [0.717, 1.165) is 0 Å². The van der Waals surface area contributed by atoms with Crippen LogP contribution in [-0.2, 0) is 0 Å². The molecular weight excluding hydrogens is 482 g/mol. The molecule has 188 valence electrons. The number of hydrogen-bond acceptors (Lipinski definition) is 0. The summed E-state index contributed by atoms with van der Waals surface area (Å²) in [7, 11) is 0. The maximum absolute atomic E-state index is 2.38. The normalized spacial score (nSPS) is 11.6. The highest BCUT2D eigenvalue weighted by Gasteiger charge is 2.15. The Bertz CT molecular complexity index is 2200. The van der Waals surface area contributed by atoms with Crippen molar-refractivity contribution in [3.8, 4) is 27.9 Å². The SMILES string of the molecule is Cc1cccc2c1c1cc(-c3ccc(-c4cc5ccccc5c5ccccc45)cc3)ccc1n2-c1ccccc1. The molecule has 0 saturated heterocycles. The van der Waals surface area contributed by atoms with Gasteiger partial charge < -0.3 is 4.57 Å². The summed E-state index contributed by atoms with van der Waals surface area (Å²) in [5.41, 5.74) is 9.94. The summed E-state index contributed by atoms with van der Waals surface area (Å²) in [6, 6.07) is 53.0. The molecule has 8 rings (SSSR count). The number of hydrogen-bond donors (Lipinski definition) is 0. The van der Waals surface area contributed by atoms with Gasteiger partial charge in [0.25, 0.3) is 0 Å². The first-order valence-corrected chi connectivity index (χ1v) is 13.9. The Morgan fingerprint density at radius 2 is 1.10 bits per heavy atom. The van der Waals surface area contributed by atoms with Crippen molar-refractivity contribution >= 4 is 43.4 Å². The Morgan fingerprint density at radius 3 is 1.93 bits per heavy atom. The summed E-state index contributed by atoms with van der Waals surface area (Å²) in [6.45, 7) is 2.21. The van der Waals surface area contributed by atoms with Crippen molar-refractivity contribution in [3.05, 3.63) is 151 Å². The van der Waals surface area contributed by atoms with E-state index < -0.39 is 0 Å². The highest BCUT2D eigenvalue weighted by molar-refractivity contribution is 6.14. The molecule has 0 N–H and O–H groups in total. The quantitative estimate of drug-likeness (QED) is 0.209. The fraction of sp³-hybridized carbons (Fsp3) is 0.0256. The fourth-order valence-corrected chi connectivity index (χ4v) is 6.42. The lowest BCUT2D eigenvalue weighted by Gasteiger charge is -2.12. The molecule has 1 heterocycles. The van der Waals surface area contributed by atoms with Crippen molar-refractivity contribution in [2.75, 3.05) is 0 Å². The predicted octanol–water partition coefficient (Wildman–Crippen LogP) is 10.7. The average molecular weight is 510 g/mol. The summed E-state index contributed by atoms with van der Waals surface area (Å²) in [5.74, 6) is 0. The smallest absolute Gasteiger partial charge is 0.0543 e. The second-order valence-corrected chi connectivity index (χ2v) is 10.6. The van der Waals surface area contributed by atoms with Gasteiger partial charge in [-0.1, -0.05) is 109 Å². The number of para-hydroxylation sites is 1. The molecule has 1 heteroatoms. The fourth-order valence-electron chi connectivity index (χ4n) is 6.42. The van der Waals surface area contributed by atoms with E-state index in [-0.39, 0.29) is 0 Å². The summed E-state index contributed by atoms with van der Waals surface area (Å²) >= 11 is 0. The van der Waals surface area contributed by atoms with Gasteiger partial charge in [-0.15, -0.1) is 0 Å². The van der Waals surface area contributed by atoms with Gasteiger partial charge in [-0.2, -0.15) is 0 Å². The number of aryl methyl sites for hydroxylation is 1. The van der Waals surface area contributed by atoms with E-state index in [1.807, 2.05) is 0 Å². The van der Waals surface area contributed by atoms with E-state index in [9.17, 15) is 0 Å². The summed E-state index contributed by atoms with van der Waals surface area (Å²) in [5, 5.41) is 7.78. The van der Waals surface area contributed by atoms with E-state index in [0.29, 0.717) is 0 Å². The van der Waals surface area contributed by atoms with E-state index in [4.69, 9.17) is 0 Å². The summed E-state index contributed by atoms with van der Waals surface area (Å²) in [6.07, 6.45) is 0. The molecule has 0 unspecified atom stereocenters. The molecule has 40 heavy (non-hydrogen) atoms. The Kier molecular flexibility index (Phi) is 5.11. The highest BCUT2D eigenvalue weighted by Crippen LogP contribution is 2.38. The molecule has 0 amide bonds. The third-order valence-corrected chi connectivity index (χ3v) is 8.31. The standard InChI is InChI=1S/C39H27N/c1-26-10-9-17-38-39(26)36-24-29(22-23-37(36)40(38)31-12-3-2-4-13-31)27-18-20-28(21-19-27)35-25-30-11-5-6-14-32(30)33-15-7-8-16-34(33)35/h2-25H,1H3. The van der Waals surface area contributed by atoms with E-state index >= 15 is 0 Å². The van der Waals surface area contributed by atoms with E-state index in [1.54, 1.807) is 0 Å². The lowest BCUT2D eigenvalue weighted by Crippen LogP contribution is -1.93. The van der Waals surface area contributed by atoms with Crippen LogP contribution in [0.25, 0.3) is 71.3 Å². The van der Waals surface area contributed by atoms with Crippen LogP contribution in [0.1, 0.15) is 5.56 Å². The molecule has 1 aromatic heterocycles. The monoisotopic (exact) mass is 509 g/mol. The van der Waals surface area contributed by atoms with Crippen molar-refractivity contribution in [2.45, 2.75) is 6.92 Å². The Hall–Kier alpha value is -5.14. The molecule has 0 spiro atoms. The van der Waals surface area contributed by atoms with Gasteiger partial charge in [0.15, 0.2) is 0 Å². The lowest BCUT2D eigenvalue weighted by molar-refractivity contribution is 1.18. The molecule has 8 aromatic rings. The van der Waals surface area contributed by atoms with Gasteiger partial charge in [-0.05, 0) is 92.7 Å². The van der Waals surface area contributed by atoms with Crippen LogP contribution in [-0.4, -0.2) is 4.57 Å². The molecule has 0 atom stereocenters. The lowest BCUT2D eigenvalue weighted by atomic mass is 9.92. The minimum atomic E-state index is 1.19. The first-order valence-electron chi connectivity index (χ1n) is 13.9. The van der Waals surface area contributed by atoms with Gasteiger partial charge >= 0.3 is 0 Å². The van der Waals surface area contributed by atoms with E-state index in [1.165, 1.54) is 76.9 Å². The maximum atomic E-state index is 2.38. The van der Waals surface area contributed by atoms with Gasteiger partial charge in [-0.25, -0.2) is 0 Å². The first kappa shape index (κ1) is 22.8. The molecule has 0 bridgehead atoms. The van der Waals surface area contributed by atoms with E-state index in [2.05, 4.69) is 157 Å². The van der Waals surface area contributed by atoms with Crippen LogP contribution in [0.2, 0.25) is 0 Å². The second kappa shape index (κ2) is 8.97.